The predicted molar refractivity (Wildman–Crippen MR) is 99.1 cm³/mol. The fourth-order valence-corrected chi connectivity index (χ4v) is 3.70. The summed E-state index contributed by atoms with van der Waals surface area (Å²) in [5.41, 5.74) is 0.564. The second kappa shape index (κ2) is 8.68. The van der Waals surface area contributed by atoms with Crippen molar-refractivity contribution in [3.05, 3.63) is 48.5 Å². The summed E-state index contributed by atoms with van der Waals surface area (Å²) in [4.78, 5) is 12.4. The smallest absolute Gasteiger partial charge is 0.243 e. The quantitative estimate of drug-likeness (QED) is 0.762. The van der Waals surface area contributed by atoms with Crippen LogP contribution in [0.1, 0.15) is 6.92 Å². The van der Waals surface area contributed by atoms with Crippen molar-refractivity contribution in [2.24, 2.45) is 0 Å². The number of anilines is 1. The number of carbonyl (C=O) groups excluding carboxylic acids is 1. The average molecular weight is 378 g/mol. The summed E-state index contributed by atoms with van der Waals surface area (Å²) < 4.78 is 36.7. The first-order valence-corrected chi connectivity index (χ1v) is 9.42. The highest BCUT2D eigenvalue weighted by Gasteiger charge is 2.25. The molecule has 0 saturated carbocycles. The van der Waals surface area contributed by atoms with Gasteiger partial charge in [-0.2, -0.15) is 4.31 Å². The van der Waals surface area contributed by atoms with Crippen molar-refractivity contribution in [3.63, 3.8) is 0 Å². The van der Waals surface area contributed by atoms with Crippen molar-refractivity contribution in [3.8, 4) is 11.5 Å². The van der Waals surface area contributed by atoms with Crippen LogP contribution in [0.5, 0.6) is 11.5 Å². The Morgan fingerprint density at radius 3 is 1.92 bits per heavy atom. The first-order chi connectivity index (χ1) is 12.4. The van der Waals surface area contributed by atoms with Crippen molar-refractivity contribution in [1.29, 1.82) is 0 Å². The fourth-order valence-electron chi connectivity index (χ4n) is 2.30. The zero-order valence-corrected chi connectivity index (χ0v) is 15.7. The van der Waals surface area contributed by atoms with E-state index in [-0.39, 0.29) is 18.0 Å². The monoisotopic (exact) mass is 378 g/mol. The van der Waals surface area contributed by atoms with Crippen molar-refractivity contribution >= 4 is 21.6 Å². The molecule has 7 nitrogen and oxygen atoms in total. The first kappa shape index (κ1) is 19.7. The molecule has 2 rings (SSSR count). The lowest BCUT2D eigenvalue weighted by atomic mass is 10.3. The molecule has 0 aliphatic rings. The summed E-state index contributed by atoms with van der Waals surface area (Å²) in [7, 11) is -0.720. The number of hydrogen-bond acceptors (Lipinski definition) is 5. The van der Waals surface area contributed by atoms with Crippen LogP contribution < -0.4 is 14.8 Å². The van der Waals surface area contributed by atoms with Crippen LogP contribution in [0.2, 0.25) is 0 Å². The van der Waals surface area contributed by atoms with Gasteiger partial charge in [0.2, 0.25) is 15.9 Å². The van der Waals surface area contributed by atoms with E-state index >= 15 is 0 Å². The van der Waals surface area contributed by atoms with Crippen LogP contribution in [0.4, 0.5) is 5.69 Å². The fraction of sp³-hybridized carbons (Fsp3) is 0.278. The van der Waals surface area contributed by atoms with Crippen molar-refractivity contribution in [2.75, 3.05) is 32.6 Å². The second-order valence-corrected chi connectivity index (χ2v) is 7.32. The molecule has 8 heteroatoms. The molecule has 0 radical (unpaired) electrons. The summed E-state index contributed by atoms with van der Waals surface area (Å²) in [5.74, 6) is 0.804. The van der Waals surface area contributed by atoms with Crippen molar-refractivity contribution in [2.45, 2.75) is 11.8 Å². The number of methoxy groups -OCH3 is 2. The number of carbonyl (C=O) groups is 1. The molecule has 26 heavy (non-hydrogen) atoms. The van der Waals surface area contributed by atoms with E-state index in [0.29, 0.717) is 17.2 Å². The maximum absolute atomic E-state index is 12.7. The summed E-state index contributed by atoms with van der Waals surface area (Å²) >= 11 is 0. The SMILES string of the molecule is CCN(CC(=O)Nc1ccc(OC)cc1)S(=O)(=O)c1ccc(OC)cc1. The lowest BCUT2D eigenvalue weighted by Crippen LogP contribution is -2.37. The summed E-state index contributed by atoms with van der Waals surface area (Å²) in [6.07, 6.45) is 0. The molecule has 1 amide bonds. The standard InChI is InChI=1S/C18H22N2O5S/c1-4-20(26(22,23)17-11-9-16(25-3)10-12-17)13-18(21)19-14-5-7-15(24-2)8-6-14/h5-12H,4,13H2,1-3H3,(H,19,21). The molecule has 140 valence electrons. The summed E-state index contributed by atoms with van der Waals surface area (Å²) in [6, 6.07) is 12.8. The van der Waals surface area contributed by atoms with Gasteiger partial charge in [-0.1, -0.05) is 6.92 Å². The van der Waals surface area contributed by atoms with E-state index in [9.17, 15) is 13.2 Å². The lowest BCUT2D eigenvalue weighted by molar-refractivity contribution is -0.116. The number of sulfonamides is 1. The molecule has 0 heterocycles. The molecule has 2 aromatic rings. The van der Waals surface area contributed by atoms with Crippen LogP contribution in [-0.2, 0) is 14.8 Å². The zero-order valence-electron chi connectivity index (χ0n) is 14.9. The van der Waals surface area contributed by atoms with E-state index in [2.05, 4.69) is 5.32 Å². The van der Waals surface area contributed by atoms with Gasteiger partial charge in [-0.05, 0) is 48.5 Å². The van der Waals surface area contributed by atoms with E-state index in [1.54, 1.807) is 50.4 Å². The van der Waals surface area contributed by atoms with Gasteiger partial charge in [0.25, 0.3) is 0 Å². The van der Waals surface area contributed by atoms with E-state index in [1.165, 1.54) is 19.2 Å². The molecule has 1 N–H and O–H groups in total. The molecule has 0 bridgehead atoms. The zero-order chi connectivity index (χ0) is 19.2. The highest BCUT2D eigenvalue weighted by atomic mass is 32.2. The maximum atomic E-state index is 12.7. The van der Waals surface area contributed by atoms with Crippen LogP contribution in [0.3, 0.4) is 0 Å². The minimum Gasteiger partial charge on any atom is -0.497 e. The van der Waals surface area contributed by atoms with E-state index in [1.807, 2.05) is 0 Å². The number of likely N-dealkylation sites (N-methyl/N-ethyl adjacent to an activating group) is 1. The van der Waals surface area contributed by atoms with Crippen molar-refractivity contribution < 1.29 is 22.7 Å². The number of benzene rings is 2. The van der Waals surface area contributed by atoms with Crippen LogP contribution in [0.25, 0.3) is 0 Å². The third-order valence-electron chi connectivity index (χ3n) is 3.74. The van der Waals surface area contributed by atoms with Gasteiger partial charge in [-0.25, -0.2) is 8.42 Å². The second-order valence-electron chi connectivity index (χ2n) is 5.38. The van der Waals surface area contributed by atoms with Crippen molar-refractivity contribution in [1.82, 2.24) is 4.31 Å². The number of rotatable bonds is 8. The molecule has 0 aromatic heterocycles. The Bertz CT molecular complexity index is 833. The Hall–Kier alpha value is -2.58. The molecule has 2 aromatic carbocycles. The largest absolute Gasteiger partial charge is 0.497 e. The topological polar surface area (TPSA) is 84.9 Å². The minimum absolute atomic E-state index is 0.109. The average Bonchev–Trinajstić information content (AvgIpc) is 2.66. The van der Waals surface area contributed by atoms with Crippen LogP contribution >= 0.6 is 0 Å². The van der Waals surface area contributed by atoms with Crippen LogP contribution in [-0.4, -0.2) is 45.9 Å². The van der Waals surface area contributed by atoms with E-state index in [0.717, 1.165) is 4.31 Å². The highest BCUT2D eigenvalue weighted by molar-refractivity contribution is 7.89. The molecular weight excluding hydrogens is 356 g/mol. The Kier molecular flexibility index (Phi) is 6.59. The number of ether oxygens (including phenoxy) is 2. The van der Waals surface area contributed by atoms with Gasteiger partial charge in [0.1, 0.15) is 11.5 Å². The Labute approximate surface area is 153 Å². The molecule has 0 aliphatic carbocycles. The number of nitrogens with zero attached hydrogens (tertiary/aromatic N) is 1. The number of amides is 1. The molecule has 0 unspecified atom stereocenters. The normalized spacial score (nSPS) is 11.2. The summed E-state index contributed by atoms with van der Waals surface area (Å²) in [6.45, 7) is 1.57. The van der Waals surface area contributed by atoms with Gasteiger partial charge < -0.3 is 14.8 Å². The van der Waals surface area contributed by atoms with Gasteiger partial charge in [0.15, 0.2) is 0 Å². The van der Waals surface area contributed by atoms with Gasteiger partial charge in [-0.15, -0.1) is 0 Å². The predicted octanol–water partition coefficient (Wildman–Crippen LogP) is 2.35. The molecule has 0 aliphatic heterocycles. The Balaban J connectivity index is 2.09. The van der Waals surface area contributed by atoms with Crippen LogP contribution in [0, 0.1) is 0 Å². The van der Waals surface area contributed by atoms with E-state index < -0.39 is 15.9 Å². The minimum atomic E-state index is -3.78. The van der Waals surface area contributed by atoms with Gasteiger partial charge in [0, 0.05) is 12.2 Å². The van der Waals surface area contributed by atoms with Gasteiger partial charge in [0.05, 0.1) is 25.7 Å². The Morgan fingerprint density at radius 1 is 0.962 bits per heavy atom. The molecule has 0 fully saturated rings. The molecule has 0 spiro atoms. The molecule has 0 atom stereocenters. The molecular formula is C18H22N2O5S. The van der Waals surface area contributed by atoms with E-state index in [4.69, 9.17) is 9.47 Å². The maximum Gasteiger partial charge on any atom is 0.243 e. The van der Waals surface area contributed by atoms with Gasteiger partial charge in [-0.3, -0.25) is 4.79 Å². The Morgan fingerprint density at radius 2 is 1.46 bits per heavy atom. The highest BCUT2D eigenvalue weighted by Crippen LogP contribution is 2.20. The van der Waals surface area contributed by atoms with Crippen LogP contribution in [0.15, 0.2) is 53.4 Å². The van der Waals surface area contributed by atoms with Gasteiger partial charge >= 0.3 is 0 Å². The summed E-state index contributed by atoms with van der Waals surface area (Å²) in [5, 5.41) is 2.68. The third-order valence-corrected chi connectivity index (χ3v) is 5.68. The first-order valence-electron chi connectivity index (χ1n) is 7.98. The molecule has 0 saturated heterocycles. The number of nitrogens with one attached hydrogen (secondary N) is 1. The lowest BCUT2D eigenvalue weighted by Gasteiger charge is -2.20. The number of hydrogen-bond donors (Lipinski definition) is 1. The third kappa shape index (κ3) is 4.74.